The molecular formula is C34H29ClF7NO4S. The third-order valence-electron chi connectivity index (χ3n) is 7.42. The van der Waals surface area contributed by atoms with E-state index in [4.69, 9.17) is 16.3 Å². The number of halogens is 8. The van der Waals surface area contributed by atoms with E-state index in [1.807, 2.05) is 65.6 Å². The normalized spacial score (nSPS) is 12.5. The van der Waals surface area contributed by atoms with Crippen LogP contribution in [0.4, 0.5) is 30.7 Å². The van der Waals surface area contributed by atoms with Crippen molar-refractivity contribution in [3.63, 3.8) is 0 Å². The Morgan fingerprint density at radius 1 is 0.875 bits per heavy atom. The molecule has 0 aliphatic heterocycles. The number of benzene rings is 4. The number of ether oxygens (including phenoxy) is 1. The minimum atomic E-state index is -5.52. The Bertz CT molecular complexity index is 1790. The first-order valence-electron chi connectivity index (χ1n) is 14.4. The van der Waals surface area contributed by atoms with Gasteiger partial charge in [-0.3, -0.25) is 9.69 Å². The molecule has 0 aliphatic rings. The summed E-state index contributed by atoms with van der Waals surface area (Å²) in [6.07, 6.45) is -9.49. The lowest BCUT2D eigenvalue weighted by Gasteiger charge is -2.29. The van der Waals surface area contributed by atoms with Crippen molar-refractivity contribution in [1.82, 2.24) is 4.90 Å². The topological polar surface area (TPSA) is 63.7 Å². The van der Waals surface area contributed by atoms with E-state index in [1.165, 1.54) is 12.1 Å². The second-order valence-electron chi connectivity index (χ2n) is 11.0. The van der Waals surface area contributed by atoms with Crippen molar-refractivity contribution in [2.24, 2.45) is 0 Å². The highest BCUT2D eigenvalue weighted by Gasteiger charge is 2.43. The van der Waals surface area contributed by atoms with Gasteiger partial charge in [0.05, 0.1) is 27.7 Å². The maximum atomic E-state index is 14.8. The van der Waals surface area contributed by atoms with Gasteiger partial charge in [0.25, 0.3) is 5.78 Å². The first-order chi connectivity index (χ1) is 22.5. The molecule has 0 saturated carbocycles. The summed E-state index contributed by atoms with van der Waals surface area (Å²) < 4.78 is 125. The van der Waals surface area contributed by atoms with Crippen LogP contribution >= 0.6 is 11.6 Å². The van der Waals surface area contributed by atoms with Gasteiger partial charge in [0.15, 0.2) is 9.84 Å². The highest BCUT2D eigenvalue weighted by molar-refractivity contribution is 7.90. The smallest absolute Gasteiger partial charge is 0.455 e. The zero-order valence-electron chi connectivity index (χ0n) is 25.3. The van der Waals surface area contributed by atoms with Crippen molar-refractivity contribution in [2.75, 3.05) is 26.0 Å². The predicted molar refractivity (Wildman–Crippen MR) is 166 cm³/mol. The lowest BCUT2D eigenvalue weighted by Crippen LogP contribution is -2.31. The third-order valence-corrected chi connectivity index (χ3v) is 8.99. The van der Waals surface area contributed by atoms with Crippen LogP contribution in [0, 0.1) is 5.82 Å². The third kappa shape index (κ3) is 9.36. The summed E-state index contributed by atoms with van der Waals surface area (Å²) in [6, 6.07) is 23.7. The van der Waals surface area contributed by atoms with E-state index < -0.39 is 60.6 Å². The summed E-state index contributed by atoms with van der Waals surface area (Å²) >= 11 is 6.23. The number of rotatable bonds is 13. The molecule has 0 N–H and O–H groups in total. The Hall–Kier alpha value is -3.94. The van der Waals surface area contributed by atoms with Gasteiger partial charge in [0, 0.05) is 37.9 Å². The summed E-state index contributed by atoms with van der Waals surface area (Å²) in [5.74, 6) is -5.01. The lowest BCUT2D eigenvalue weighted by atomic mass is 9.90. The highest BCUT2D eigenvalue weighted by Crippen LogP contribution is 2.37. The van der Waals surface area contributed by atoms with Gasteiger partial charge in [0.2, 0.25) is 0 Å². The van der Waals surface area contributed by atoms with Crippen LogP contribution in [0.2, 0.25) is 5.02 Å². The summed E-state index contributed by atoms with van der Waals surface area (Å²) in [5.41, 5.74) is -0.509. The monoisotopic (exact) mass is 715 g/mol. The Morgan fingerprint density at radius 2 is 1.46 bits per heavy atom. The van der Waals surface area contributed by atoms with E-state index in [0.717, 1.165) is 17.2 Å². The van der Waals surface area contributed by atoms with Crippen LogP contribution in [0.15, 0.2) is 95.9 Å². The zero-order valence-corrected chi connectivity index (χ0v) is 26.9. The number of carbonyl (C=O) groups excluding carboxylic acids is 1. The molecule has 0 radical (unpaired) electrons. The summed E-state index contributed by atoms with van der Waals surface area (Å²) in [6.45, 7) is 0.333. The molecule has 0 spiro atoms. The number of Topliss-reactive ketones (excluding diaryl/α,β-unsaturated/α-hetero) is 1. The van der Waals surface area contributed by atoms with E-state index in [9.17, 15) is 43.9 Å². The molecule has 0 saturated heterocycles. The van der Waals surface area contributed by atoms with Crippen LogP contribution < -0.4 is 4.74 Å². The minimum Gasteiger partial charge on any atom is -0.493 e. The van der Waals surface area contributed by atoms with Crippen LogP contribution in [0.25, 0.3) is 0 Å². The molecule has 256 valence electrons. The number of carbonyl (C=O) groups is 1. The molecule has 4 aromatic carbocycles. The summed E-state index contributed by atoms with van der Waals surface area (Å²) in [5, 5.41) is -0.445. The van der Waals surface area contributed by atoms with Crippen LogP contribution in [0.1, 0.15) is 45.0 Å². The molecule has 0 atom stereocenters. The Balaban J connectivity index is 1.61. The first-order valence-corrected chi connectivity index (χ1v) is 16.7. The van der Waals surface area contributed by atoms with Crippen molar-refractivity contribution in [3.8, 4) is 5.75 Å². The fourth-order valence-corrected chi connectivity index (χ4v) is 6.39. The van der Waals surface area contributed by atoms with Gasteiger partial charge in [-0.2, -0.15) is 26.3 Å². The van der Waals surface area contributed by atoms with Crippen molar-refractivity contribution in [3.05, 3.63) is 130 Å². The standard InChI is InChI=1S/C34H29ClF7NO4S/c1-48(45,46)29-19-25(18-28(36)30(29)32(44)34(40,41)42)47-17-9-16-43(20-24-14-8-15-27(31(24)35)33(37,38)39)21-26(22-10-4-2-5-11-22)23-12-6-3-7-13-23/h2-8,10-15,18-19,26H,9,16-17,20-21H2,1H3. The van der Waals surface area contributed by atoms with Crippen LogP contribution in [0.5, 0.6) is 5.75 Å². The zero-order chi connectivity index (χ0) is 35.3. The molecule has 0 fully saturated rings. The number of alkyl halides is 6. The molecule has 0 heterocycles. The van der Waals surface area contributed by atoms with Gasteiger partial charge >= 0.3 is 12.4 Å². The Labute approximate surface area is 277 Å². The SMILES string of the molecule is CS(=O)(=O)c1cc(OCCCN(Cc2cccc(C(F)(F)F)c2Cl)CC(c2ccccc2)c2ccccc2)cc(F)c1C(=O)C(F)(F)F. The number of nitrogens with zero attached hydrogens (tertiary/aromatic N) is 1. The predicted octanol–water partition coefficient (Wildman–Crippen LogP) is 8.75. The molecule has 0 bridgehead atoms. The molecule has 0 amide bonds. The van der Waals surface area contributed by atoms with E-state index in [-0.39, 0.29) is 37.6 Å². The molecule has 0 aromatic heterocycles. The van der Waals surface area contributed by atoms with Gasteiger partial charge in [0.1, 0.15) is 11.6 Å². The van der Waals surface area contributed by atoms with E-state index >= 15 is 0 Å². The van der Waals surface area contributed by atoms with Crippen LogP contribution in [0.3, 0.4) is 0 Å². The largest absolute Gasteiger partial charge is 0.493 e. The van der Waals surface area contributed by atoms with Crippen molar-refractivity contribution >= 4 is 27.2 Å². The summed E-state index contributed by atoms with van der Waals surface area (Å²) in [7, 11) is -4.49. The number of ketones is 1. The molecule has 4 rings (SSSR count). The average Bonchev–Trinajstić information content (AvgIpc) is 3.01. The second-order valence-corrected chi connectivity index (χ2v) is 13.3. The van der Waals surface area contributed by atoms with Gasteiger partial charge in [-0.25, -0.2) is 12.8 Å². The average molecular weight is 716 g/mol. The fourth-order valence-electron chi connectivity index (χ4n) is 5.20. The van der Waals surface area contributed by atoms with Gasteiger partial charge in [-0.15, -0.1) is 0 Å². The molecule has 48 heavy (non-hydrogen) atoms. The van der Waals surface area contributed by atoms with Crippen LogP contribution in [-0.2, 0) is 22.6 Å². The molecule has 5 nitrogen and oxygen atoms in total. The quantitative estimate of drug-likeness (QED) is 0.0787. The van der Waals surface area contributed by atoms with Gasteiger partial charge in [-0.1, -0.05) is 84.4 Å². The molecule has 14 heteroatoms. The number of hydrogen-bond donors (Lipinski definition) is 0. The van der Waals surface area contributed by atoms with E-state index in [1.54, 1.807) is 0 Å². The maximum Gasteiger partial charge on any atom is 0.455 e. The Morgan fingerprint density at radius 3 is 1.98 bits per heavy atom. The van der Waals surface area contributed by atoms with E-state index in [2.05, 4.69) is 0 Å². The van der Waals surface area contributed by atoms with Crippen molar-refractivity contribution in [2.45, 2.75) is 36.1 Å². The fraction of sp³-hybridized carbons (Fsp3) is 0.265. The molecule has 0 aliphatic carbocycles. The summed E-state index contributed by atoms with van der Waals surface area (Å²) in [4.78, 5) is 12.5. The maximum absolute atomic E-state index is 14.8. The number of hydrogen-bond acceptors (Lipinski definition) is 5. The lowest BCUT2D eigenvalue weighted by molar-refractivity contribution is -0.137. The molecular weight excluding hydrogens is 687 g/mol. The molecule has 0 unspecified atom stereocenters. The van der Waals surface area contributed by atoms with Gasteiger partial charge < -0.3 is 4.74 Å². The Kier molecular flexibility index (Phi) is 11.6. The first kappa shape index (κ1) is 36.9. The van der Waals surface area contributed by atoms with Crippen LogP contribution in [-0.4, -0.2) is 51.2 Å². The van der Waals surface area contributed by atoms with Gasteiger partial charge in [-0.05, 0) is 35.2 Å². The minimum absolute atomic E-state index is 0.0000258. The van der Waals surface area contributed by atoms with E-state index in [0.29, 0.717) is 24.9 Å². The number of sulfone groups is 1. The molecule has 4 aromatic rings. The second kappa shape index (κ2) is 15.1. The van der Waals surface area contributed by atoms with Crippen molar-refractivity contribution < 1.29 is 48.7 Å². The highest BCUT2D eigenvalue weighted by atomic mass is 35.5. The van der Waals surface area contributed by atoms with Crippen molar-refractivity contribution in [1.29, 1.82) is 0 Å².